The fourth-order valence-electron chi connectivity index (χ4n) is 4.33. The summed E-state index contributed by atoms with van der Waals surface area (Å²) in [6.07, 6.45) is 5.02. The quantitative estimate of drug-likeness (QED) is 0.346. The molecule has 1 saturated carbocycles. The highest BCUT2D eigenvalue weighted by Crippen LogP contribution is 2.32. The summed E-state index contributed by atoms with van der Waals surface area (Å²) in [6.45, 7) is 0. The summed E-state index contributed by atoms with van der Waals surface area (Å²) in [7, 11) is 0. The molecular weight excluding hydrogens is 446 g/mol. The average Bonchev–Trinajstić information content (AvgIpc) is 2.85. The number of fused-ring (bicyclic) bond motifs is 1. The molecule has 1 amide bonds. The van der Waals surface area contributed by atoms with E-state index in [4.69, 9.17) is 17.3 Å². The van der Waals surface area contributed by atoms with Gasteiger partial charge in [0, 0.05) is 39.7 Å². The minimum absolute atomic E-state index is 0.00770. The molecule has 7 heteroatoms. The summed E-state index contributed by atoms with van der Waals surface area (Å²) >= 11 is 6.47. The van der Waals surface area contributed by atoms with Crippen LogP contribution in [0.2, 0.25) is 5.02 Å². The van der Waals surface area contributed by atoms with Crippen molar-refractivity contribution in [2.24, 2.45) is 11.7 Å². The van der Waals surface area contributed by atoms with Gasteiger partial charge in [0.1, 0.15) is 0 Å². The number of hydrogen-bond acceptors (Lipinski definition) is 5. The van der Waals surface area contributed by atoms with E-state index in [2.05, 4.69) is 32.7 Å². The van der Waals surface area contributed by atoms with E-state index >= 15 is 0 Å². The summed E-state index contributed by atoms with van der Waals surface area (Å²) < 4.78 is 0. The predicted molar refractivity (Wildman–Crippen MR) is 136 cm³/mol. The van der Waals surface area contributed by atoms with Crippen LogP contribution in [0.5, 0.6) is 0 Å². The van der Waals surface area contributed by atoms with Crippen molar-refractivity contribution in [1.82, 2.24) is 9.97 Å². The van der Waals surface area contributed by atoms with Gasteiger partial charge < -0.3 is 16.4 Å². The third-order valence-electron chi connectivity index (χ3n) is 6.17. The van der Waals surface area contributed by atoms with Crippen LogP contribution in [0, 0.1) is 18.1 Å². The predicted octanol–water partition coefficient (Wildman–Crippen LogP) is 5.75. The lowest BCUT2D eigenvalue weighted by atomic mass is 9.86. The first-order valence-corrected chi connectivity index (χ1v) is 11.7. The molecule has 170 valence electrons. The Morgan fingerprint density at radius 3 is 2.71 bits per heavy atom. The minimum atomic E-state index is 0.00770. The Balaban J connectivity index is 1.36. The topological polar surface area (TPSA) is 92.9 Å². The number of nitrogens with two attached hydrogens (primary N) is 1. The Morgan fingerprint density at radius 2 is 1.85 bits per heavy atom. The zero-order valence-corrected chi connectivity index (χ0v) is 19.3. The largest absolute Gasteiger partial charge is 0.328 e. The second-order valence-corrected chi connectivity index (χ2v) is 8.98. The summed E-state index contributed by atoms with van der Waals surface area (Å²) in [6, 6.07) is 23.6. The van der Waals surface area contributed by atoms with Crippen LogP contribution in [0.25, 0.3) is 22.0 Å². The number of nitrogens with one attached hydrogen (secondary N) is 2. The lowest BCUT2D eigenvalue weighted by Crippen LogP contribution is -2.32. The van der Waals surface area contributed by atoms with Gasteiger partial charge in [-0.2, -0.15) is 0 Å². The number of anilines is 3. The Labute approximate surface area is 203 Å². The van der Waals surface area contributed by atoms with Crippen LogP contribution >= 0.6 is 11.6 Å². The standard InChI is InChI=1S/C27H24ClN5O/c28-24-16-30-27(33-25(24)23-10-3-6-17-5-1-2-9-22(17)23)32-21-8-4-7-20(15-21)31-26(34)18-11-13-19(29)14-12-18/h1-2,4-5,7-10,15-16,18-19H,11-14,29H2,(H,31,34)(H,30,32,33)/t18-,19+. The van der Waals surface area contributed by atoms with Crippen molar-refractivity contribution < 1.29 is 4.79 Å². The molecule has 5 rings (SSSR count). The first-order valence-electron chi connectivity index (χ1n) is 11.3. The van der Waals surface area contributed by atoms with Crippen molar-refractivity contribution in [2.45, 2.75) is 31.7 Å². The van der Waals surface area contributed by atoms with E-state index in [1.165, 1.54) is 0 Å². The van der Waals surface area contributed by atoms with Crippen LogP contribution < -0.4 is 16.4 Å². The van der Waals surface area contributed by atoms with Crippen molar-refractivity contribution in [2.75, 3.05) is 10.6 Å². The number of rotatable bonds is 5. The Hall–Kier alpha value is -3.66. The van der Waals surface area contributed by atoms with E-state index < -0.39 is 0 Å². The average molecular weight is 470 g/mol. The number of amides is 1. The van der Waals surface area contributed by atoms with Gasteiger partial charge in [0.2, 0.25) is 11.9 Å². The molecule has 1 fully saturated rings. The first-order chi connectivity index (χ1) is 16.6. The molecule has 0 atom stereocenters. The summed E-state index contributed by atoms with van der Waals surface area (Å²) in [5, 5.41) is 8.62. The first kappa shape index (κ1) is 22.1. The molecule has 0 radical (unpaired) electrons. The summed E-state index contributed by atoms with van der Waals surface area (Å²) in [4.78, 5) is 21.7. The van der Waals surface area contributed by atoms with Crippen LogP contribution in [0.15, 0.2) is 60.8 Å². The van der Waals surface area contributed by atoms with Gasteiger partial charge in [-0.25, -0.2) is 9.97 Å². The van der Waals surface area contributed by atoms with Gasteiger partial charge in [-0.15, -0.1) is 0 Å². The van der Waals surface area contributed by atoms with Crippen LogP contribution in [0.4, 0.5) is 17.3 Å². The fraction of sp³-hybridized carbons (Fsp3) is 0.222. The van der Waals surface area contributed by atoms with Gasteiger partial charge >= 0.3 is 0 Å². The van der Waals surface area contributed by atoms with E-state index in [-0.39, 0.29) is 17.9 Å². The van der Waals surface area contributed by atoms with Crippen molar-refractivity contribution in [3.8, 4) is 11.3 Å². The smallest absolute Gasteiger partial charge is 0.227 e. The molecule has 34 heavy (non-hydrogen) atoms. The number of benzene rings is 2. The molecule has 0 aliphatic heterocycles. The van der Waals surface area contributed by atoms with E-state index in [0.29, 0.717) is 16.7 Å². The minimum Gasteiger partial charge on any atom is -0.328 e. The lowest BCUT2D eigenvalue weighted by molar-refractivity contribution is -0.120. The highest BCUT2D eigenvalue weighted by Gasteiger charge is 2.24. The Morgan fingerprint density at radius 1 is 1.06 bits per heavy atom. The molecule has 4 N–H and O–H groups in total. The number of aromatic nitrogens is 2. The molecule has 1 aliphatic rings. The highest BCUT2D eigenvalue weighted by atomic mass is 35.5. The maximum atomic E-state index is 12.7. The summed E-state index contributed by atoms with van der Waals surface area (Å²) in [5.41, 5.74) is 8.91. The number of halogens is 1. The maximum Gasteiger partial charge on any atom is 0.227 e. The molecule has 0 spiro atoms. The van der Waals surface area contributed by atoms with Gasteiger partial charge in [-0.05, 0) is 56.0 Å². The van der Waals surface area contributed by atoms with Crippen LogP contribution in [0.1, 0.15) is 25.7 Å². The zero-order chi connectivity index (χ0) is 23.5. The van der Waals surface area contributed by atoms with Gasteiger partial charge in [0.15, 0.2) is 0 Å². The molecule has 4 aromatic rings. The van der Waals surface area contributed by atoms with Crippen molar-refractivity contribution in [3.05, 3.63) is 77.9 Å². The lowest BCUT2D eigenvalue weighted by Gasteiger charge is -2.25. The van der Waals surface area contributed by atoms with Crippen molar-refractivity contribution in [3.63, 3.8) is 0 Å². The van der Waals surface area contributed by atoms with Crippen LogP contribution in [0.3, 0.4) is 0 Å². The van der Waals surface area contributed by atoms with Gasteiger partial charge in [0.05, 0.1) is 16.9 Å². The Bertz CT molecular complexity index is 1330. The van der Waals surface area contributed by atoms with Crippen molar-refractivity contribution >= 4 is 45.6 Å². The normalized spacial score (nSPS) is 17.7. The van der Waals surface area contributed by atoms with Gasteiger partial charge in [-0.1, -0.05) is 48.0 Å². The highest BCUT2D eigenvalue weighted by molar-refractivity contribution is 6.33. The summed E-state index contributed by atoms with van der Waals surface area (Å²) in [5.74, 6) is 0.451. The van der Waals surface area contributed by atoms with E-state index in [1.807, 2.05) is 54.6 Å². The second-order valence-electron chi connectivity index (χ2n) is 8.57. The van der Waals surface area contributed by atoms with Gasteiger partial charge in [-0.3, -0.25) is 4.79 Å². The van der Waals surface area contributed by atoms with Gasteiger partial charge in [0.25, 0.3) is 0 Å². The van der Waals surface area contributed by atoms with Crippen LogP contribution in [-0.4, -0.2) is 21.9 Å². The van der Waals surface area contributed by atoms with Crippen LogP contribution in [-0.2, 0) is 4.79 Å². The SMILES string of the molecule is N[C@H]1CC[C@@H](C(=O)Nc2cccc(Nc3ncc(Cl)c(-c4cc#cc5ccccc45)n3)c2)CC1. The molecule has 6 nitrogen and oxygen atoms in total. The number of carbonyl (C=O) groups is 1. The molecular formula is C27H24ClN5O. The number of nitrogens with zero attached hydrogens (tertiary/aromatic N) is 2. The van der Waals surface area contributed by atoms with E-state index in [9.17, 15) is 4.79 Å². The molecule has 0 unspecified atom stereocenters. The molecule has 1 heterocycles. The number of carbonyl (C=O) groups excluding carboxylic acids is 1. The van der Waals surface area contributed by atoms with E-state index in [0.717, 1.165) is 53.4 Å². The van der Waals surface area contributed by atoms with E-state index in [1.54, 1.807) is 6.20 Å². The third kappa shape index (κ3) is 4.81. The second kappa shape index (κ2) is 9.68. The molecule has 1 aromatic heterocycles. The Kier molecular flexibility index (Phi) is 6.31. The maximum absolute atomic E-state index is 12.7. The zero-order valence-electron chi connectivity index (χ0n) is 18.5. The third-order valence-corrected chi connectivity index (χ3v) is 6.45. The monoisotopic (exact) mass is 469 g/mol. The number of hydrogen-bond donors (Lipinski definition) is 3. The molecule has 1 aliphatic carbocycles. The van der Waals surface area contributed by atoms with Crippen molar-refractivity contribution in [1.29, 1.82) is 0 Å². The fourth-order valence-corrected chi connectivity index (χ4v) is 4.53. The molecule has 3 aromatic carbocycles. The molecule has 0 saturated heterocycles. The molecule has 0 bridgehead atoms.